The summed E-state index contributed by atoms with van der Waals surface area (Å²) in [6.07, 6.45) is 3.19. The lowest BCUT2D eigenvalue weighted by atomic mass is 10.1. The molecular formula is C12H19N3O3. The molecule has 0 saturated carbocycles. The number of methoxy groups -OCH3 is 1. The zero-order chi connectivity index (χ0) is 13.5. The van der Waals surface area contributed by atoms with Crippen LogP contribution in [0.5, 0.6) is 0 Å². The van der Waals surface area contributed by atoms with Gasteiger partial charge < -0.3 is 14.5 Å². The van der Waals surface area contributed by atoms with Crippen molar-refractivity contribution >= 4 is 12.0 Å². The molecule has 1 atom stereocenters. The fourth-order valence-electron chi connectivity index (χ4n) is 1.40. The van der Waals surface area contributed by atoms with Gasteiger partial charge in [0, 0.05) is 6.42 Å². The maximum Gasteiger partial charge on any atom is 0.328 e. The Morgan fingerprint density at radius 1 is 1.56 bits per heavy atom. The van der Waals surface area contributed by atoms with E-state index in [1.54, 1.807) is 6.08 Å². The van der Waals surface area contributed by atoms with Crippen LogP contribution in [0.2, 0.25) is 0 Å². The SMILES string of the molecule is C=CCCc1nnc(N[C@H](C(=O)OC)C(C)C)o1. The average molecular weight is 253 g/mol. The van der Waals surface area contributed by atoms with E-state index in [1.807, 2.05) is 13.8 Å². The highest BCUT2D eigenvalue weighted by Crippen LogP contribution is 2.13. The van der Waals surface area contributed by atoms with Crippen LogP contribution in [0, 0.1) is 5.92 Å². The molecule has 6 nitrogen and oxygen atoms in total. The van der Waals surface area contributed by atoms with E-state index >= 15 is 0 Å². The fourth-order valence-corrected chi connectivity index (χ4v) is 1.40. The standard InChI is InChI=1S/C12H19N3O3/c1-5-6-7-9-14-15-12(18-9)13-10(8(2)3)11(16)17-4/h5,8,10H,1,6-7H2,2-4H3,(H,13,15)/t10-/m0/s1. The van der Waals surface area contributed by atoms with Crippen molar-refractivity contribution in [1.82, 2.24) is 10.2 Å². The van der Waals surface area contributed by atoms with Crippen molar-refractivity contribution in [2.24, 2.45) is 5.92 Å². The number of nitrogens with zero attached hydrogens (tertiary/aromatic N) is 2. The second kappa shape index (κ2) is 6.78. The topological polar surface area (TPSA) is 77.2 Å². The van der Waals surface area contributed by atoms with Gasteiger partial charge in [0.15, 0.2) is 0 Å². The normalized spacial score (nSPS) is 12.2. The second-order valence-electron chi connectivity index (χ2n) is 4.22. The van der Waals surface area contributed by atoms with Gasteiger partial charge >= 0.3 is 12.0 Å². The van der Waals surface area contributed by atoms with Crippen LogP contribution in [0.1, 0.15) is 26.2 Å². The maximum absolute atomic E-state index is 11.5. The Hall–Kier alpha value is -1.85. The highest BCUT2D eigenvalue weighted by molar-refractivity contribution is 5.78. The van der Waals surface area contributed by atoms with Crippen LogP contribution in [-0.2, 0) is 16.0 Å². The van der Waals surface area contributed by atoms with Gasteiger partial charge in [0.1, 0.15) is 6.04 Å². The number of aromatic nitrogens is 2. The molecule has 100 valence electrons. The molecule has 0 aliphatic carbocycles. The van der Waals surface area contributed by atoms with E-state index in [-0.39, 0.29) is 17.9 Å². The smallest absolute Gasteiger partial charge is 0.328 e. The van der Waals surface area contributed by atoms with Gasteiger partial charge in [0.25, 0.3) is 0 Å². The minimum Gasteiger partial charge on any atom is -0.467 e. The molecule has 0 aliphatic heterocycles. The lowest BCUT2D eigenvalue weighted by Crippen LogP contribution is -2.35. The van der Waals surface area contributed by atoms with Gasteiger partial charge in [-0.3, -0.25) is 0 Å². The van der Waals surface area contributed by atoms with Crippen molar-refractivity contribution < 1.29 is 13.9 Å². The molecule has 0 unspecified atom stereocenters. The number of anilines is 1. The minimum absolute atomic E-state index is 0.0565. The van der Waals surface area contributed by atoms with Crippen molar-refractivity contribution in [3.8, 4) is 0 Å². The highest BCUT2D eigenvalue weighted by atomic mass is 16.5. The van der Waals surface area contributed by atoms with E-state index in [0.29, 0.717) is 12.3 Å². The number of nitrogens with one attached hydrogen (secondary N) is 1. The first-order valence-corrected chi connectivity index (χ1v) is 5.86. The molecule has 0 fully saturated rings. The first-order valence-electron chi connectivity index (χ1n) is 5.86. The predicted octanol–water partition coefficient (Wildman–Crippen LogP) is 1.80. The lowest BCUT2D eigenvalue weighted by Gasteiger charge is -2.17. The summed E-state index contributed by atoms with van der Waals surface area (Å²) >= 11 is 0. The molecule has 1 aromatic rings. The van der Waals surface area contributed by atoms with Crippen LogP contribution in [0.25, 0.3) is 0 Å². The summed E-state index contributed by atoms with van der Waals surface area (Å²) in [5.74, 6) is 0.224. The van der Waals surface area contributed by atoms with E-state index in [2.05, 4.69) is 22.1 Å². The Morgan fingerprint density at radius 2 is 2.28 bits per heavy atom. The van der Waals surface area contributed by atoms with Crippen molar-refractivity contribution in [3.05, 3.63) is 18.5 Å². The largest absolute Gasteiger partial charge is 0.467 e. The van der Waals surface area contributed by atoms with E-state index < -0.39 is 6.04 Å². The molecule has 0 aliphatic rings. The van der Waals surface area contributed by atoms with Crippen molar-refractivity contribution in [3.63, 3.8) is 0 Å². The number of esters is 1. The number of ether oxygens (including phenoxy) is 1. The number of carbonyl (C=O) groups is 1. The Balaban J connectivity index is 2.66. The summed E-state index contributed by atoms with van der Waals surface area (Å²) in [4.78, 5) is 11.5. The zero-order valence-corrected chi connectivity index (χ0v) is 11.0. The van der Waals surface area contributed by atoms with Crippen LogP contribution >= 0.6 is 0 Å². The molecule has 18 heavy (non-hydrogen) atoms. The minimum atomic E-state index is -0.497. The number of rotatable bonds is 7. The highest BCUT2D eigenvalue weighted by Gasteiger charge is 2.24. The molecule has 1 rings (SSSR count). The number of carbonyl (C=O) groups excluding carboxylic acids is 1. The van der Waals surface area contributed by atoms with E-state index in [1.165, 1.54) is 7.11 Å². The lowest BCUT2D eigenvalue weighted by molar-refractivity contribution is -0.142. The molecule has 0 amide bonds. The summed E-state index contributed by atoms with van der Waals surface area (Å²) in [5.41, 5.74) is 0. The van der Waals surface area contributed by atoms with E-state index in [9.17, 15) is 4.79 Å². The van der Waals surface area contributed by atoms with E-state index in [0.717, 1.165) is 6.42 Å². The van der Waals surface area contributed by atoms with Crippen LogP contribution < -0.4 is 5.32 Å². The maximum atomic E-state index is 11.5. The zero-order valence-electron chi connectivity index (χ0n) is 11.0. The summed E-state index contributed by atoms with van der Waals surface area (Å²) < 4.78 is 10.1. The van der Waals surface area contributed by atoms with Crippen molar-refractivity contribution in [1.29, 1.82) is 0 Å². The van der Waals surface area contributed by atoms with Crippen LogP contribution in [0.15, 0.2) is 17.1 Å². The Bertz CT molecular complexity index is 401. The molecule has 0 radical (unpaired) electrons. The van der Waals surface area contributed by atoms with E-state index in [4.69, 9.17) is 9.15 Å². The van der Waals surface area contributed by atoms with Crippen molar-refractivity contribution in [2.75, 3.05) is 12.4 Å². The van der Waals surface area contributed by atoms with Gasteiger partial charge in [-0.2, -0.15) is 0 Å². The number of hydrogen-bond acceptors (Lipinski definition) is 6. The molecule has 1 heterocycles. The Kier molecular flexibility index (Phi) is 5.35. The molecule has 0 saturated heterocycles. The van der Waals surface area contributed by atoms with Crippen LogP contribution in [-0.4, -0.2) is 29.3 Å². The first kappa shape index (κ1) is 14.2. The monoisotopic (exact) mass is 253 g/mol. The molecule has 0 spiro atoms. The fraction of sp³-hybridized carbons (Fsp3) is 0.583. The van der Waals surface area contributed by atoms with Crippen LogP contribution in [0.4, 0.5) is 6.01 Å². The quantitative estimate of drug-likeness (QED) is 0.589. The molecule has 6 heteroatoms. The summed E-state index contributed by atoms with van der Waals surface area (Å²) in [6.45, 7) is 7.43. The van der Waals surface area contributed by atoms with Gasteiger partial charge in [0.2, 0.25) is 5.89 Å². The second-order valence-corrected chi connectivity index (χ2v) is 4.22. The number of hydrogen-bond donors (Lipinski definition) is 1. The third-order valence-electron chi connectivity index (χ3n) is 2.43. The summed E-state index contributed by atoms with van der Waals surface area (Å²) in [5, 5.41) is 10.6. The molecule has 1 N–H and O–H groups in total. The van der Waals surface area contributed by atoms with Crippen LogP contribution in [0.3, 0.4) is 0 Å². The van der Waals surface area contributed by atoms with Gasteiger partial charge in [0.05, 0.1) is 7.11 Å². The molecule has 0 aromatic carbocycles. The summed E-state index contributed by atoms with van der Waals surface area (Å²) in [6, 6.07) is -0.263. The molecule has 0 bridgehead atoms. The van der Waals surface area contributed by atoms with Gasteiger partial charge in [-0.1, -0.05) is 25.0 Å². The Morgan fingerprint density at radius 3 is 2.83 bits per heavy atom. The number of aryl methyl sites for hydroxylation is 1. The molecular weight excluding hydrogens is 234 g/mol. The number of allylic oxidation sites excluding steroid dienone is 1. The third-order valence-corrected chi connectivity index (χ3v) is 2.43. The van der Waals surface area contributed by atoms with Gasteiger partial charge in [-0.05, 0) is 12.3 Å². The Labute approximate surface area is 106 Å². The molecule has 1 aromatic heterocycles. The first-order chi connectivity index (χ1) is 8.58. The van der Waals surface area contributed by atoms with Gasteiger partial charge in [-0.25, -0.2) is 4.79 Å². The van der Waals surface area contributed by atoms with Crippen molar-refractivity contribution in [2.45, 2.75) is 32.7 Å². The average Bonchev–Trinajstić information content (AvgIpc) is 2.80. The third kappa shape index (κ3) is 3.87. The predicted molar refractivity (Wildman–Crippen MR) is 67.1 cm³/mol. The summed E-state index contributed by atoms with van der Waals surface area (Å²) in [7, 11) is 1.35. The van der Waals surface area contributed by atoms with Gasteiger partial charge in [-0.15, -0.1) is 11.7 Å².